The third kappa shape index (κ3) is 3.26. The zero-order chi connectivity index (χ0) is 17.1. The van der Waals surface area contributed by atoms with E-state index in [-0.39, 0.29) is 11.3 Å². The molecule has 7 heteroatoms. The number of furan rings is 1. The number of carboxylic acid groups (broad SMARTS) is 1. The van der Waals surface area contributed by atoms with Crippen LogP contribution in [-0.4, -0.2) is 33.2 Å². The zero-order valence-corrected chi connectivity index (χ0v) is 13.2. The molecule has 1 atom stereocenters. The third-order valence-corrected chi connectivity index (χ3v) is 4.39. The van der Waals surface area contributed by atoms with E-state index in [4.69, 9.17) is 4.42 Å². The third-order valence-electron chi connectivity index (χ3n) is 3.51. The second-order valence-corrected chi connectivity index (χ2v) is 6.10. The van der Waals surface area contributed by atoms with Gasteiger partial charge >= 0.3 is 5.97 Å². The summed E-state index contributed by atoms with van der Waals surface area (Å²) in [5.74, 6) is -1.42. The number of carboxylic acids is 1. The van der Waals surface area contributed by atoms with Gasteiger partial charge in [0.1, 0.15) is 11.8 Å². The lowest BCUT2D eigenvalue weighted by molar-refractivity contribution is -0.145. The Balaban J connectivity index is 1.87. The molecule has 122 valence electrons. The molecule has 6 nitrogen and oxygen atoms in total. The van der Waals surface area contributed by atoms with Gasteiger partial charge in [-0.1, -0.05) is 30.3 Å². The molecule has 1 aromatic heterocycles. The number of hydrogen-bond acceptors (Lipinski definition) is 5. The largest absolute Gasteiger partial charge is 0.480 e. The van der Waals surface area contributed by atoms with Gasteiger partial charge in [-0.05, 0) is 29.5 Å². The number of carbonyl (C=O) groups excluding carboxylic acids is 2. The number of rotatable bonds is 5. The molecule has 1 saturated heterocycles. The minimum atomic E-state index is -1.25. The van der Waals surface area contributed by atoms with Crippen LogP contribution in [0.15, 0.2) is 58.1 Å². The van der Waals surface area contributed by atoms with Crippen LogP contribution in [0, 0.1) is 0 Å². The van der Waals surface area contributed by atoms with Crippen molar-refractivity contribution in [2.45, 2.75) is 12.5 Å². The lowest BCUT2D eigenvalue weighted by Crippen LogP contribution is -2.45. The van der Waals surface area contributed by atoms with E-state index in [1.807, 2.05) is 6.07 Å². The second-order valence-electron chi connectivity index (χ2n) is 5.11. The number of thioether (sulfide) groups is 1. The van der Waals surface area contributed by atoms with Crippen molar-refractivity contribution < 1.29 is 23.9 Å². The van der Waals surface area contributed by atoms with Crippen molar-refractivity contribution in [2.24, 2.45) is 0 Å². The number of aliphatic carboxylic acids is 1. The van der Waals surface area contributed by atoms with E-state index in [2.05, 4.69) is 0 Å². The van der Waals surface area contributed by atoms with Crippen LogP contribution in [0.5, 0.6) is 0 Å². The molecule has 0 bridgehead atoms. The highest BCUT2D eigenvalue weighted by Gasteiger charge is 2.43. The van der Waals surface area contributed by atoms with Crippen LogP contribution in [0.25, 0.3) is 6.08 Å². The summed E-state index contributed by atoms with van der Waals surface area (Å²) in [5.41, 5.74) is 0.735. The van der Waals surface area contributed by atoms with Crippen LogP contribution >= 0.6 is 11.8 Å². The van der Waals surface area contributed by atoms with Gasteiger partial charge in [-0.15, -0.1) is 0 Å². The summed E-state index contributed by atoms with van der Waals surface area (Å²) in [6.45, 7) is 0. The van der Waals surface area contributed by atoms with Gasteiger partial charge in [0, 0.05) is 12.5 Å². The first-order valence-corrected chi connectivity index (χ1v) is 7.95. The molecule has 1 N–H and O–H groups in total. The number of hydrogen-bond donors (Lipinski definition) is 1. The van der Waals surface area contributed by atoms with Crippen molar-refractivity contribution in [3.63, 3.8) is 0 Å². The molecule has 3 rings (SSSR count). The summed E-state index contributed by atoms with van der Waals surface area (Å²) >= 11 is 0.712. The fourth-order valence-corrected chi connectivity index (χ4v) is 3.23. The molecule has 2 heterocycles. The lowest BCUT2D eigenvalue weighted by atomic mass is 10.0. The van der Waals surface area contributed by atoms with Gasteiger partial charge < -0.3 is 9.52 Å². The van der Waals surface area contributed by atoms with E-state index < -0.39 is 23.2 Å². The first-order chi connectivity index (χ1) is 11.6. The number of amides is 2. The summed E-state index contributed by atoms with van der Waals surface area (Å²) in [6, 6.07) is 10.9. The summed E-state index contributed by atoms with van der Waals surface area (Å²) in [5, 5.41) is 8.88. The monoisotopic (exact) mass is 343 g/mol. The van der Waals surface area contributed by atoms with Crippen molar-refractivity contribution >= 4 is 35.0 Å². The average Bonchev–Trinajstić information content (AvgIpc) is 3.16. The molecule has 0 radical (unpaired) electrons. The van der Waals surface area contributed by atoms with Crippen molar-refractivity contribution in [3.05, 3.63) is 65.0 Å². The molecule has 0 saturated carbocycles. The van der Waals surface area contributed by atoms with Gasteiger partial charge in [-0.3, -0.25) is 14.5 Å². The Morgan fingerprint density at radius 3 is 2.58 bits per heavy atom. The maximum atomic E-state index is 12.5. The fourth-order valence-electron chi connectivity index (χ4n) is 2.38. The van der Waals surface area contributed by atoms with E-state index in [9.17, 15) is 19.5 Å². The molecule has 1 aliphatic heterocycles. The Kier molecular flexibility index (Phi) is 4.52. The molecule has 1 unspecified atom stereocenters. The fraction of sp³-hybridized carbons (Fsp3) is 0.118. The highest BCUT2D eigenvalue weighted by molar-refractivity contribution is 8.18. The summed E-state index contributed by atoms with van der Waals surface area (Å²) in [6.07, 6.45) is 2.94. The molecule has 2 aromatic rings. The smallest absolute Gasteiger partial charge is 0.327 e. The van der Waals surface area contributed by atoms with Gasteiger partial charge in [0.25, 0.3) is 11.1 Å². The molecule has 1 fully saturated rings. The first-order valence-electron chi connectivity index (χ1n) is 7.13. The Hall–Kier alpha value is -2.80. The van der Waals surface area contributed by atoms with Crippen LogP contribution in [0.3, 0.4) is 0 Å². The number of imide groups is 1. The molecule has 2 amide bonds. The molecule has 0 aliphatic carbocycles. The van der Waals surface area contributed by atoms with Gasteiger partial charge in [0.15, 0.2) is 0 Å². The zero-order valence-electron chi connectivity index (χ0n) is 12.4. The van der Waals surface area contributed by atoms with Crippen LogP contribution < -0.4 is 0 Å². The number of benzene rings is 1. The highest BCUT2D eigenvalue weighted by Crippen LogP contribution is 2.34. The van der Waals surface area contributed by atoms with Crippen molar-refractivity contribution in [1.82, 2.24) is 4.90 Å². The van der Waals surface area contributed by atoms with E-state index in [1.165, 1.54) is 12.3 Å². The van der Waals surface area contributed by atoms with E-state index in [0.29, 0.717) is 17.5 Å². The van der Waals surface area contributed by atoms with Crippen molar-refractivity contribution in [1.29, 1.82) is 0 Å². The van der Waals surface area contributed by atoms with E-state index in [1.54, 1.807) is 36.4 Å². The van der Waals surface area contributed by atoms with Gasteiger partial charge in [-0.2, -0.15) is 0 Å². The quantitative estimate of drug-likeness (QED) is 0.840. The van der Waals surface area contributed by atoms with Crippen LogP contribution in [-0.2, 0) is 16.0 Å². The maximum absolute atomic E-state index is 12.5. The van der Waals surface area contributed by atoms with Crippen molar-refractivity contribution in [2.75, 3.05) is 0 Å². The van der Waals surface area contributed by atoms with Crippen LogP contribution in [0.2, 0.25) is 0 Å². The molecular formula is C17H13NO5S. The maximum Gasteiger partial charge on any atom is 0.327 e. The second kappa shape index (κ2) is 6.76. The predicted octanol–water partition coefficient (Wildman–Crippen LogP) is 3.01. The Morgan fingerprint density at radius 2 is 1.96 bits per heavy atom. The average molecular weight is 343 g/mol. The standard InChI is InChI=1S/C17H13NO5S/c19-15-14(10-12-7-4-8-23-12)24-17(22)18(15)13(16(20)21)9-11-5-2-1-3-6-11/h1-8,10,13H,9H2,(H,20,21)/b14-10+. The van der Waals surface area contributed by atoms with E-state index >= 15 is 0 Å². The summed E-state index contributed by atoms with van der Waals surface area (Å²) < 4.78 is 5.13. The lowest BCUT2D eigenvalue weighted by Gasteiger charge is -2.21. The SMILES string of the molecule is O=C(O)C(Cc1ccccc1)N1C(=O)S/C(=C/c2ccco2)C1=O. The molecule has 0 spiro atoms. The normalized spacial score (nSPS) is 17.5. The van der Waals surface area contributed by atoms with Gasteiger partial charge in [0.2, 0.25) is 0 Å². The summed E-state index contributed by atoms with van der Waals surface area (Å²) in [7, 11) is 0. The summed E-state index contributed by atoms with van der Waals surface area (Å²) in [4.78, 5) is 37.2. The molecule has 1 aliphatic rings. The van der Waals surface area contributed by atoms with Crippen LogP contribution in [0.1, 0.15) is 11.3 Å². The Morgan fingerprint density at radius 1 is 1.21 bits per heavy atom. The van der Waals surface area contributed by atoms with Gasteiger partial charge in [-0.25, -0.2) is 4.79 Å². The Labute approximate surface area is 141 Å². The molecule has 1 aromatic carbocycles. The number of carbonyl (C=O) groups is 3. The minimum Gasteiger partial charge on any atom is -0.480 e. The Bertz CT molecular complexity index is 798. The number of nitrogens with zero attached hydrogens (tertiary/aromatic N) is 1. The molecular weight excluding hydrogens is 330 g/mol. The van der Waals surface area contributed by atoms with E-state index in [0.717, 1.165) is 10.5 Å². The first kappa shape index (κ1) is 16.1. The minimum absolute atomic E-state index is 0.0578. The van der Waals surface area contributed by atoms with Crippen molar-refractivity contribution in [3.8, 4) is 0 Å². The predicted molar refractivity (Wildman–Crippen MR) is 88.1 cm³/mol. The topological polar surface area (TPSA) is 87.8 Å². The van der Waals surface area contributed by atoms with Gasteiger partial charge in [0.05, 0.1) is 11.2 Å². The molecule has 24 heavy (non-hydrogen) atoms. The highest BCUT2D eigenvalue weighted by atomic mass is 32.2. The van der Waals surface area contributed by atoms with Crippen LogP contribution in [0.4, 0.5) is 4.79 Å².